The molecule has 1 aliphatic heterocycles. The third-order valence-corrected chi connectivity index (χ3v) is 5.07. The van der Waals surface area contributed by atoms with Gasteiger partial charge in [0.1, 0.15) is 11.9 Å². The van der Waals surface area contributed by atoms with Crippen molar-refractivity contribution < 1.29 is 9.50 Å². The molecular formula is C22H30FN5O. The Morgan fingerprint density at radius 3 is 2.69 bits per heavy atom. The lowest BCUT2D eigenvalue weighted by molar-refractivity contribution is 0.181. The number of rotatable bonds is 7. The second-order valence-corrected chi connectivity index (χ2v) is 7.27. The number of aromatic nitrogens is 1. The lowest BCUT2D eigenvalue weighted by Crippen LogP contribution is -2.48. The van der Waals surface area contributed by atoms with Gasteiger partial charge in [0.15, 0.2) is 5.96 Å². The predicted molar refractivity (Wildman–Crippen MR) is 113 cm³/mol. The molecular weight excluding hydrogens is 369 g/mol. The topological polar surface area (TPSA) is 72.8 Å². The molecule has 1 unspecified atom stereocenters. The fourth-order valence-electron chi connectivity index (χ4n) is 3.49. The lowest BCUT2D eigenvalue weighted by Gasteiger charge is -2.32. The first-order chi connectivity index (χ1) is 14.2. The molecule has 156 valence electrons. The minimum Gasteiger partial charge on any atom is -0.386 e. The van der Waals surface area contributed by atoms with Crippen molar-refractivity contribution in [3.8, 4) is 0 Å². The van der Waals surface area contributed by atoms with Crippen molar-refractivity contribution in [1.82, 2.24) is 20.5 Å². The number of piperidine rings is 1. The molecule has 0 spiro atoms. The van der Waals surface area contributed by atoms with Gasteiger partial charge in [0, 0.05) is 44.0 Å². The number of nitrogens with one attached hydrogen (secondary N) is 2. The molecule has 1 aliphatic rings. The van der Waals surface area contributed by atoms with Crippen LogP contribution in [0.15, 0.2) is 53.7 Å². The van der Waals surface area contributed by atoms with Gasteiger partial charge in [-0.05, 0) is 38.0 Å². The smallest absolute Gasteiger partial charge is 0.191 e. The summed E-state index contributed by atoms with van der Waals surface area (Å²) in [7, 11) is 0. The third-order valence-electron chi connectivity index (χ3n) is 5.07. The molecule has 2 aromatic rings. The van der Waals surface area contributed by atoms with Crippen LogP contribution in [-0.4, -0.2) is 53.2 Å². The molecule has 1 saturated heterocycles. The summed E-state index contributed by atoms with van der Waals surface area (Å²) in [5, 5.41) is 17.0. The van der Waals surface area contributed by atoms with Crippen molar-refractivity contribution in [1.29, 1.82) is 0 Å². The number of aliphatic imine (C=N–C) groups is 1. The first kappa shape index (κ1) is 21.2. The van der Waals surface area contributed by atoms with E-state index < -0.39 is 11.9 Å². The zero-order valence-electron chi connectivity index (χ0n) is 16.9. The number of hydrogen-bond acceptors (Lipinski definition) is 4. The van der Waals surface area contributed by atoms with Crippen molar-refractivity contribution in [2.24, 2.45) is 4.99 Å². The highest BCUT2D eigenvalue weighted by atomic mass is 19.1. The zero-order chi connectivity index (χ0) is 20.5. The van der Waals surface area contributed by atoms with Crippen LogP contribution in [0.5, 0.6) is 0 Å². The highest BCUT2D eigenvalue weighted by molar-refractivity contribution is 5.80. The molecule has 1 fully saturated rings. The first-order valence-corrected chi connectivity index (χ1v) is 10.2. The van der Waals surface area contributed by atoms with E-state index in [2.05, 4.69) is 31.6 Å². The normalized spacial score (nSPS) is 17.1. The maximum Gasteiger partial charge on any atom is 0.191 e. The molecule has 1 aromatic heterocycles. The van der Waals surface area contributed by atoms with Crippen LogP contribution < -0.4 is 10.6 Å². The molecule has 7 heteroatoms. The Labute approximate surface area is 171 Å². The minimum atomic E-state index is -0.966. The number of hydrogen-bond donors (Lipinski definition) is 3. The molecule has 0 radical (unpaired) electrons. The van der Waals surface area contributed by atoms with E-state index in [4.69, 9.17) is 0 Å². The maximum absolute atomic E-state index is 13.8. The van der Waals surface area contributed by atoms with E-state index in [0.717, 1.165) is 44.7 Å². The summed E-state index contributed by atoms with van der Waals surface area (Å²) in [6, 6.07) is 12.6. The SMILES string of the molecule is CCNC(=NCC(O)c1ccccc1F)NC1CCN(Cc2ccccn2)CC1. The lowest BCUT2D eigenvalue weighted by atomic mass is 10.0. The van der Waals surface area contributed by atoms with Crippen LogP contribution in [0.4, 0.5) is 4.39 Å². The fourth-order valence-corrected chi connectivity index (χ4v) is 3.49. The predicted octanol–water partition coefficient (Wildman–Crippen LogP) is 2.47. The number of guanidine groups is 1. The van der Waals surface area contributed by atoms with E-state index in [9.17, 15) is 9.50 Å². The monoisotopic (exact) mass is 399 g/mol. The third kappa shape index (κ3) is 6.51. The fraction of sp³-hybridized carbons (Fsp3) is 0.455. The van der Waals surface area contributed by atoms with Crippen LogP contribution in [0.2, 0.25) is 0 Å². The van der Waals surface area contributed by atoms with Crippen molar-refractivity contribution in [3.63, 3.8) is 0 Å². The summed E-state index contributed by atoms with van der Waals surface area (Å²) in [4.78, 5) is 11.3. The standard InChI is InChI=1S/C22H30FN5O/c1-2-24-22(26-15-21(29)19-8-3-4-9-20(19)23)27-17-10-13-28(14-11-17)16-18-7-5-6-12-25-18/h3-9,12,17,21,29H,2,10-11,13-16H2,1H3,(H2,24,26,27). The van der Waals surface area contributed by atoms with Gasteiger partial charge in [0.2, 0.25) is 0 Å². The number of halogens is 1. The first-order valence-electron chi connectivity index (χ1n) is 10.2. The minimum absolute atomic E-state index is 0.106. The average molecular weight is 400 g/mol. The van der Waals surface area contributed by atoms with Gasteiger partial charge in [0.05, 0.1) is 12.2 Å². The number of benzene rings is 1. The molecule has 0 aliphatic carbocycles. The van der Waals surface area contributed by atoms with Gasteiger partial charge < -0.3 is 15.7 Å². The zero-order valence-corrected chi connectivity index (χ0v) is 16.9. The molecule has 3 rings (SSSR count). The van der Waals surface area contributed by atoms with Crippen LogP contribution in [0.3, 0.4) is 0 Å². The molecule has 0 amide bonds. The largest absolute Gasteiger partial charge is 0.386 e. The second-order valence-electron chi connectivity index (χ2n) is 7.27. The van der Waals surface area contributed by atoms with Crippen LogP contribution in [-0.2, 0) is 6.54 Å². The van der Waals surface area contributed by atoms with Gasteiger partial charge in [-0.2, -0.15) is 0 Å². The number of pyridine rings is 1. The number of aliphatic hydroxyl groups is 1. The van der Waals surface area contributed by atoms with Gasteiger partial charge in [-0.25, -0.2) is 4.39 Å². The Bertz CT molecular complexity index is 778. The van der Waals surface area contributed by atoms with E-state index >= 15 is 0 Å². The van der Waals surface area contributed by atoms with Gasteiger partial charge in [-0.15, -0.1) is 0 Å². The van der Waals surface area contributed by atoms with Crippen molar-refractivity contribution in [2.75, 3.05) is 26.2 Å². The Balaban J connectivity index is 1.50. The maximum atomic E-state index is 13.8. The quantitative estimate of drug-likeness (QED) is 0.493. The average Bonchev–Trinajstić information content (AvgIpc) is 2.74. The number of nitrogens with zero attached hydrogens (tertiary/aromatic N) is 3. The molecule has 0 saturated carbocycles. The van der Waals surface area contributed by atoms with E-state index in [1.807, 2.05) is 25.3 Å². The van der Waals surface area contributed by atoms with Gasteiger partial charge >= 0.3 is 0 Å². The van der Waals surface area contributed by atoms with Gasteiger partial charge in [0.25, 0.3) is 0 Å². The Morgan fingerprint density at radius 1 is 1.24 bits per heavy atom. The summed E-state index contributed by atoms with van der Waals surface area (Å²) < 4.78 is 13.8. The molecule has 0 bridgehead atoms. The summed E-state index contributed by atoms with van der Waals surface area (Å²) in [6.07, 6.45) is 2.88. The molecule has 6 nitrogen and oxygen atoms in total. The van der Waals surface area contributed by atoms with Gasteiger partial charge in [-0.3, -0.25) is 14.9 Å². The Morgan fingerprint density at radius 2 is 2.00 bits per heavy atom. The van der Waals surface area contributed by atoms with Crippen molar-refractivity contribution in [3.05, 3.63) is 65.7 Å². The van der Waals surface area contributed by atoms with E-state index in [0.29, 0.717) is 12.0 Å². The summed E-state index contributed by atoms with van der Waals surface area (Å²) in [5.74, 6) is 0.250. The van der Waals surface area contributed by atoms with Crippen LogP contribution in [0.25, 0.3) is 0 Å². The summed E-state index contributed by atoms with van der Waals surface area (Å²) >= 11 is 0. The van der Waals surface area contributed by atoms with E-state index in [1.165, 1.54) is 6.07 Å². The number of aliphatic hydroxyl groups excluding tert-OH is 1. The van der Waals surface area contributed by atoms with Crippen LogP contribution in [0, 0.1) is 5.82 Å². The summed E-state index contributed by atoms with van der Waals surface area (Å²) in [5.41, 5.74) is 1.37. The molecule has 29 heavy (non-hydrogen) atoms. The molecule has 1 aromatic carbocycles. The van der Waals surface area contributed by atoms with E-state index in [-0.39, 0.29) is 12.1 Å². The highest BCUT2D eigenvalue weighted by Crippen LogP contribution is 2.17. The molecule has 3 N–H and O–H groups in total. The van der Waals surface area contributed by atoms with Crippen molar-refractivity contribution in [2.45, 2.75) is 38.5 Å². The second kappa shape index (κ2) is 10.9. The highest BCUT2D eigenvalue weighted by Gasteiger charge is 2.20. The Hall–Kier alpha value is -2.51. The molecule has 2 heterocycles. The van der Waals surface area contributed by atoms with Gasteiger partial charge in [-0.1, -0.05) is 24.3 Å². The Kier molecular flexibility index (Phi) is 7.95. The van der Waals surface area contributed by atoms with E-state index in [1.54, 1.807) is 18.2 Å². The van der Waals surface area contributed by atoms with Crippen LogP contribution in [0.1, 0.15) is 37.1 Å². The number of likely N-dealkylation sites (tertiary alicyclic amines) is 1. The summed E-state index contributed by atoms with van der Waals surface area (Å²) in [6.45, 7) is 5.68. The van der Waals surface area contributed by atoms with Crippen LogP contribution >= 0.6 is 0 Å². The molecule has 1 atom stereocenters. The van der Waals surface area contributed by atoms with Crippen molar-refractivity contribution >= 4 is 5.96 Å².